The Labute approximate surface area is 213 Å². The number of aromatic nitrogens is 1. The lowest BCUT2D eigenvalue weighted by Crippen LogP contribution is -2.42. The largest absolute Gasteiger partial charge is 0.385 e. The van der Waals surface area contributed by atoms with Crippen LogP contribution in [0.1, 0.15) is 45.4 Å². The smallest absolute Gasteiger partial charge is 0.131 e. The normalized spacial score (nSPS) is 22.1. The van der Waals surface area contributed by atoms with Crippen LogP contribution in [0, 0.1) is 11.7 Å². The molecule has 1 aromatic heterocycles. The van der Waals surface area contributed by atoms with Crippen molar-refractivity contribution in [3.8, 4) is 11.1 Å². The fourth-order valence-corrected chi connectivity index (χ4v) is 5.30. The molecule has 0 spiro atoms. The summed E-state index contributed by atoms with van der Waals surface area (Å²) in [6.45, 7) is 5.36. The minimum Gasteiger partial charge on any atom is -0.385 e. The number of nitrogens with one attached hydrogen (secondary N) is 3. The predicted molar refractivity (Wildman–Crippen MR) is 141 cm³/mol. The van der Waals surface area contributed by atoms with Crippen molar-refractivity contribution < 1.29 is 13.9 Å². The lowest BCUT2D eigenvalue weighted by Gasteiger charge is -2.32. The van der Waals surface area contributed by atoms with Gasteiger partial charge in [-0.1, -0.05) is 11.6 Å². The van der Waals surface area contributed by atoms with Gasteiger partial charge in [-0.05, 0) is 75.6 Å². The molecule has 8 heteroatoms. The molecule has 1 aromatic carbocycles. The number of halogens is 2. The van der Waals surface area contributed by atoms with Gasteiger partial charge in [0.2, 0.25) is 0 Å². The van der Waals surface area contributed by atoms with Crippen LogP contribution in [0.5, 0.6) is 0 Å². The van der Waals surface area contributed by atoms with Crippen LogP contribution in [0.25, 0.3) is 11.1 Å². The van der Waals surface area contributed by atoms with Crippen LogP contribution in [0.3, 0.4) is 0 Å². The Morgan fingerprint density at radius 2 is 1.83 bits per heavy atom. The van der Waals surface area contributed by atoms with Crippen LogP contribution < -0.4 is 16.0 Å². The lowest BCUT2D eigenvalue weighted by atomic mass is 9.90. The SMILES string of the molecule is COC[C@@H](C)N[C@H]1CC[C@H](Nc2cc(-c3cc(NCC4CCOCC4)ccc3F)c(Cl)cn2)CC1. The first-order valence-corrected chi connectivity index (χ1v) is 13.2. The highest BCUT2D eigenvalue weighted by Gasteiger charge is 2.23. The predicted octanol–water partition coefficient (Wildman–Crippen LogP) is 5.73. The fraction of sp³-hybridized carbons (Fsp3) is 0.593. The number of ether oxygens (including phenoxy) is 2. The van der Waals surface area contributed by atoms with Crippen molar-refractivity contribution >= 4 is 23.1 Å². The molecule has 1 aliphatic carbocycles. The number of anilines is 2. The Bertz CT molecular complexity index is 949. The molecule has 2 fully saturated rings. The summed E-state index contributed by atoms with van der Waals surface area (Å²) >= 11 is 6.48. The summed E-state index contributed by atoms with van der Waals surface area (Å²) < 4.78 is 25.5. The zero-order chi connectivity index (χ0) is 24.6. The molecule has 2 aliphatic rings. The van der Waals surface area contributed by atoms with E-state index < -0.39 is 0 Å². The number of methoxy groups -OCH3 is 1. The van der Waals surface area contributed by atoms with Gasteiger partial charge in [0.05, 0.1) is 11.6 Å². The molecule has 0 amide bonds. The van der Waals surface area contributed by atoms with Crippen LogP contribution in [0.4, 0.5) is 15.9 Å². The van der Waals surface area contributed by atoms with E-state index in [0.29, 0.717) is 40.2 Å². The second kappa shape index (κ2) is 12.9. The van der Waals surface area contributed by atoms with Crippen molar-refractivity contribution in [2.45, 2.75) is 63.6 Å². The van der Waals surface area contributed by atoms with E-state index in [4.69, 9.17) is 21.1 Å². The van der Waals surface area contributed by atoms with E-state index in [1.165, 1.54) is 6.07 Å². The van der Waals surface area contributed by atoms with E-state index in [2.05, 4.69) is 27.9 Å². The summed E-state index contributed by atoms with van der Waals surface area (Å²) in [6.07, 6.45) is 8.02. The van der Waals surface area contributed by atoms with Crippen LogP contribution in [0.15, 0.2) is 30.5 Å². The second-order valence-corrected chi connectivity index (χ2v) is 10.3. The number of hydrogen-bond donors (Lipinski definition) is 3. The van der Waals surface area contributed by atoms with Crippen molar-refractivity contribution in [3.63, 3.8) is 0 Å². The van der Waals surface area contributed by atoms with Gasteiger partial charge in [-0.3, -0.25) is 0 Å². The molecule has 1 atom stereocenters. The maximum absolute atomic E-state index is 14.9. The molecule has 1 saturated carbocycles. The highest BCUT2D eigenvalue weighted by Crippen LogP contribution is 2.34. The molecule has 3 N–H and O–H groups in total. The third-order valence-corrected chi connectivity index (χ3v) is 7.36. The molecule has 2 heterocycles. The van der Waals surface area contributed by atoms with Crippen molar-refractivity contribution in [3.05, 3.63) is 41.3 Å². The maximum atomic E-state index is 14.9. The van der Waals surface area contributed by atoms with Gasteiger partial charge in [0.25, 0.3) is 0 Å². The van der Waals surface area contributed by atoms with E-state index in [1.807, 2.05) is 12.1 Å². The van der Waals surface area contributed by atoms with Gasteiger partial charge in [0.1, 0.15) is 11.6 Å². The third kappa shape index (κ3) is 7.53. The van der Waals surface area contributed by atoms with Crippen molar-refractivity contribution in [1.29, 1.82) is 0 Å². The molecule has 6 nitrogen and oxygen atoms in total. The average Bonchev–Trinajstić information content (AvgIpc) is 2.87. The molecule has 0 radical (unpaired) electrons. The molecule has 0 bridgehead atoms. The summed E-state index contributed by atoms with van der Waals surface area (Å²) in [7, 11) is 1.73. The fourth-order valence-electron chi connectivity index (χ4n) is 5.09. The van der Waals surface area contributed by atoms with E-state index in [-0.39, 0.29) is 5.82 Å². The van der Waals surface area contributed by atoms with Crippen molar-refractivity contribution in [1.82, 2.24) is 10.3 Å². The van der Waals surface area contributed by atoms with Gasteiger partial charge in [0, 0.05) is 68.0 Å². The third-order valence-electron chi connectivity index (χ3n) is 7.06. The monoisotopic (exact) mass is 504 g/mol. The minimum absolute atomic E-state index is 0.294. The molecule has 4 rings (SSSR count). The summed E-state index contributed by atoms with van der Waals surface area (Å²) in [5.74, 6) is 1.01. The average molecular weight is 505 g/mol. The topological polar surface area (TPSA) is 67.4 Å². The van der Waals surface area contributed by atoms with Gasteiger partial charge in [-0.25, -0.2) is 9.37 Å². The Morgan fingerprint density at radius 1 is 1.09 bits per heavy atom. The van der Waals surface area contributed by atoms with Crippen LogP contribution in [0.2, 0.25) is 5.02 Å². The molecule has 192 valence electrons. The molecule has 1 aliphatic heterocycles. The Balaban J connectivity index is 1.38. The molecule has 2 aromatic rings. The number of benzene rings is 1. The summed E-state index contributed by atoms with van der Waals surface area (Å²) in [5.41, 5.74) is 2.03. The van der Waals surface area contributed by atoms with Gasteiger partial charge in [-0.2, -0.15) is 0 Å². The van der Waals surface area contributed by atoms with Crippen LogP contribution in [-0.4, -0.2) is 56.6 Å². The molecular weight excluding hydrogens is 467 g/mol. The highest BCUT2D eigenvalue weighted by atomic mass is 35.5. The first-order valence-electron chi connectivity index (χ1n) is 12.8. The number of nitrogens with zero attached hydrogens (tertiary/aromatic N) is 1. The summed E-state index contributed by atoms with van der Waals surface area (Å²) in [6, 6.07) is 8.21. The van der Waals surface area contributed by atoms with Gasteiger partial charge in [-0.15, -0.1) is 0 Å². The quantitative estimate of drug-likeness (QED) is 0.384. The van der Waals surface area contributed by atoms with E-state index >= 15 is 0 Å². The van der Waals surface area contributed by atoms with E-state index in [1.54, 1.807) is 19.4 Å². The first-order chi connectivity index (χ1) is 17.0. The number of rotatable bonds is 10. The standard InChI is InChI=1S/C27H38ClFN4O2/c1-18(17-34-2)32-20-3-5-21(6-4-20)33-27-14-23(25(28)16-31-27)24-13-22(7-8-26(24)29)30-15-19-9-11-35-12-10-19/h7-8,13-14,16,18-21,30,32H,3-6,9-12,15,17H2,1-2H3,(H,31,33)/t18-,20-,21-/m1/s1. The van der Waals surface area contributed by atoms with Crippen molar-refractivity contribution in [2.24, 2.45) is 5.92 Å². The summed E-state index contributed by atoms with van der Waals surface area (Å²) in [5, 5.41) is 11.1. The van der Waals surface area contributed by atoms with Crippen molar-refractivity contribution in [2.75, 3.05) is 44.1 Å². The van der Waals surface area contributed by atoms with E-state index in [9.17, 15) is 4.39 Å². The lowest BCUT2D eigenvalue weighted by molar-refractivity contribution is 0.0699. The Hall–Kier alpha value is -1.93. The molecular formula is C27H38ClFN4O2. The number of pyridine rings is 1. The van der Waals surface area contributed by atoms with Crippen LogP contribution >= 0.6 is 11.6 Å². The maximum Gasteiger partial charge on any atom is 0.131 e. The Morgan fingerprint density at radius 3 is 2.57 bits per heavy atom. The highest BCUT2D eigenvalue weighted by molar-refractivity contribution is 6.33. The molecule has 1 saturated heterocycles. The Kier molecular flexibility index (Phi) is 9.60. The minimum atomic E-state index is -0.294. The molecule has 35 heavy (non-hydrogen) atoms. The number of hydrogen-bond acceptors (Lipinski definition) is 6. The second-order valence-electron chi connectivity index (χ2n) is 9.90. The van der Waals surface area contributed by atoms with Gasteiger partial charge in [0.15, 0.2) is 0 Å². The summed E-state index contributed by atoms with van der Waals surface area (Å²) in [4.78, 5) is 4.47. The van der Waals surface area contributed by atoms with E-state index in [0.717, 1.165) is 76.4 Å². The van der Waals surface area contributed by atoms with Gasteiger partial charge >= 0.3 is 0 Å². The van der Waals surface area contributed by atoms with Gasteiger partial charge < -0.3 is 25.4 Å². The zero-order valence-electron chi connectivity index (χ0n) is 20.8. The first kappa shape index (κ1) is 26.1. The zero-order valence-corrected chi connectivity index (χ0v) is 21.5. The van der Waals surface area contributed by atoms with Crippen LogP contribution in [-0.2, 0) is 9.47 Å². The molecule has 0 unspecified atom stereocenters.